The zero-order valence-corrected chi connectivity index (χ0v) is 22.1. The van der Waals surface area contributed by atoms with Gasteiger partial charge in [0.15, 0.2) is 22.8 Å². The smallest absolute Gasteiger partial charge is 0.229 e. The molecular weight excluding hydrogens is 480 g/mol. The lowest BCUT2D eigenvalue weighted by Gasteiger charge is -2.30. The number of ether oxygens (including phenoxy) is 1. The van der Waals surface area contributed by atoms with E-state index in [-0.39, 0.29) is 12.1 Å². The summed E-state index contributed by atoms with van der Waals surface area (Å²) in [5, 5.41) is 8.45. The molecule has 5 heterocycles. The molecule has 38 heavy (non-hydrogen) atoms. The quantitative estimate of drug-likeness (QED) is 0.382. The molecule has 0 amide bonds. The number of nitrogens with zero attached hydrogens (tertiary/aromatic N) is 8. The maximum Gasteiger partial charge on any atom is 0.229 e. The number of hydrogen-bond acceptors (Lipinski definition) is 9. The van der Waals surface area contributed by atoms with Gasteiger partial charge < -0.3 is 30.2 Å². The molecule has 2 fully saturated rings. The Bertz CT molecular complexity index is 1380. The Morgan fingerprint density at radius 3 is 2.61 bits per heavy atom. The molecule has 0 saturated carbocycles. The minimum Gasteiger partial charge on any atom is -0.378 e. The summed E-state index contributed by atoms with van der Waals surface area (Å²) in [6.07, 6.45) is 5.76. The molecule has 11 heteroatoms. The number of benzene rings is 1. The molecule has 0 atom stereocenters. The van der Waals surface area contributed by atoms with Gasteiger partial charge in [-0.3, -0.25) is 0 Å². The molecule has 200 valence electrons. The Labute approximate surface area is 222 Å². The number of anilines is 3. The molecule has 2 aliphatic heterocycles. The van der Waals surface area contributed by atoms with Crippen molar-refractivity contribution < 1.29 is 4.74 Å². The van der Waals surface area contributed by atoms with Gasteiger partial charge in [0.25, 0.3) is 0 Å². The van der Waals surface area contributed by atoms with Crippen molar-refractivity contribution in [1.82, 2.24) is 29.3 Å². The van der Waals surface area contributed by atoms with Gasteiger partial charge >= 0.3 is 0 Å². The van der Waals surface area contributed by atoms with Crippen LogP contribution in [0.25, 0.3) is 16.9 Å². The minimum atomic E-state index is 0.242. The summed E-state index contributed by atoms with van der Waals surface area (Å²) in [7, 11) is 0. The second-order valence-corrected chi connectivity index (χ2v) is 10.3. The van der Waals surface area contributed by atoms with Crippen LogP contribution in [0.1, 0.15) is 38.3 Å². The monoisotopic (exact) mass is 516 g/mol. The van der Waals surface area contributed by atoms with Gasteiger partial charge in [-0.1, -0.05) is 18.2 Å². The van der Waals surface area contributed by atoms with Crippen molar-refractivity contribution in [3.63, 3.8) is 0 Å². The maximum absolute atomic E-state index is 6.15. The fraction of sp³-hybridized carbons (Fsp3) is 0.481. The third-order valence-electron chi connectivity index (χ3n) is 7.38. The van der Waals surface area contributed by atoms with E-state index in [2.05, 4.69) is 62.8 Å². The van der Waals surface area contributed by atoms with E-state index in [0.29, 0.717) is 6.54 Å². The van der Waals surface area contributed by atoms with Crippen LogP contribution >= 0.6 is 0 Å². The highest BCUT2D eigenvalue weighted by Crippen LogP contribution is 2.27. The van der Waals surface area contributed by atoms with Crippen LogP contribution in [-0.2, 0) is 11.3 Å². The molecule has 0 radical (unpaired) electrons. The number of morpholine rings is 1. The van der Waals surface area contributed by atoms with Gasteiger partial charge in [0, 0.05) is 57.1 Å². The molecule has 3 aromatic heterocycles. The molecule has 11 nitrogen and oxygen atoms in total. The number of fused-ring (bicyclic) bond motifs is 1. The highest BCUT2D eigenvalue weighted by Gasteiger charge is 2.22. The Kier molecular flexibility index (Phi) is 6.86. The summed E-state index contributed by atoms with van der Waals surface area (Å²) in [6, 6.07) is 10.9. The third kappa shape index (κ3) is 4.91. The van der Waals surface area contributed by atoms with Crippen molar-refractivity contribution in [2.75, 3.05) is 54.5 Å². The normalized spacial score (nSPS) is 17.1. The topological polar surface area (TPSA) is 115 Å². The van der Waals surface area contributed by atoms with E-state index in [1.165, 1.54) is 0 Å². The summed E-state index contributed by atoms with van der Waals surface area (Å²) in [5.41, 5.74) is 9.92. The van der Waals surface area contributed by atoms with E-state index < -0.39 is 0 Å². The van der Waals surface area contributed by atoms with Gasteiger partial charge in [-0.15, -0.1) is 0 Å². The second kappa shape index (κ2) is 10.6. The lowest BCUT2D eigenvalue weighted by molar-refractivity contribution is 0.122. The van der Waals surface area contributed by atoms with Crippen LogP contribution in [-0.4, -0.2) is 74.7 Å². The lowest BCUT2D eigenvalue weighted by atomic mass is 10.1. The Morgan fingerprint density at radius 2 is 1.82 bits per heavy atom. The van der Waals surface area contributed by atoms with E-state index >= 15 is 0 Å². The van der Waals surface area contributed by atoms with Crippen molar-refractivity contribution in [3.8, 4) is 5.69 Å². The highest BCUT2D eigenvalue weighted by molar-refractivity contribution is 5.84. The second-order valence-electron chi connectivity index (χ2n) is 10.3. The van der Waals surface area contributed by atoms with Gasteiger partial charge in [0.2, 0.25) is 5.95 Å². The maximum atomic E-state index is 6.15. The van der Waals surface area contributed by atoms with E-state index in [0.717, 1.165) is 92.2 Å². The number of nitrogens with two attached hydrogens (primary N) is 1. The van der Waals surface area contributed by atoms with Crippen molar-refractivity contribution in [2.24, 2.45) is 5.73 Å². The molecular formula is C27H36N10O. The minimum absolute atomic E-state index is 0.242. The number of aromatic nitrogens is 6. The number of rotatable bonds is 7. The van der Waals surface area contributed by atoms with Crippen LogP contribution < -0.4 is 20.9 Å². The number of imidazole rings is 1. The number of hydrogen-bond donors (Lipinski definition) is 2. The molecule has 2 saturated heterocycles. The molecule has 1 aromatic carbocycles. The number of para-hydroxylation sites is 1. The summed E-state index contributed by atoms with van der Waals surface area (Å²) in [5.74, 6) is 2.44. The molecule has 6 rings (SSSR count). The first-order valence-corrected chi connectivity index (χ1v) is 13.5. The van der Waals surface area contributed by atoms with Gasteiger partial charge in [-0.2, -0.15) is 15.1 Å². The Balaban J connectivity index is 1.29. The van der Waals surface area contributed by atoms with Crippen molar-refractivity contribution >= 4 is 28.7 Å². The summed E-state index contributed by atoms with van der Waals surface area (Å²) in [4.78, 5) is 19.1. The SMILES string of the molecule is CC(C)n1cnc2c(NCc3ccccc3-n3ccc(N4CCOCC4)n3)nc(N3CCC(N)CC3)nc21. The van der Waals surface area contributed by atoms with Gasteiger partial charge in [-0.05, 0) is 38.3 Å². The van der Waals surface area contributed by atoms with Crippen LogP contribution in [0.3, 0.4) is 0 Å². The molecule has 2 aliphatic rings. The molecule has 0 unspecified atom stereocenters. The van der Waals surface area contributed by atoms with Gasteiger partial charge in [-0.25, -0.2) is 9.67 Å². The zero-order valence-electron chi connectivity index (χ0n) is 22.1. The number of nitrogens with one attached hydrogen (secondary N) is 1. The third-order valence-corrected chi connectivity index (χ3v) is 7.38. The largest absolute Gasteiger partial charge is 0.378 e. The standard InChI is InChI=1S/C27H36N10O/c1-19(2)36-18-30-24-25(31-27(32-26(24)36)35-10-7-21(28)8-11-35)29-17-20-5-3-4-6-22(20)37-12-9-23(33-37)34-13-15-38-16-14-34/h3-6,9,12,18-19,21H,7-8,10-11,13-17,28H2,1-2H3,(H,29,31,32). The fourth-order valence-corrected chi connectivity index (χ4v) is 5.12. The number of piperidine rings is 1. The molecule has 0 aliphatic carbocycles. The van der Waals surface area contributed by atoms with Crippen LogP contribution in [0, 0.1) is 0 Å². The first kappa shape index (κ1) is 24.6. The Morgan fingerprint density at radius 1 is 1.03 bits per heavy atom. The predicted octanol–water partition coefficient (Wildman–Crippen LogP) is 2.97. The fourth-order valence-electron chi connectivity index (χ4n) is 5.12. The first-order chi connectivity index (χ1) is 18.6. The summed E-state index contributed by atoms with van der Waals surface area (Å²) < 4.78 is 9.55. The van der Waals surface area contributed by atoms with E-state index in [1.54, 1.807) is 0 Å². The van der Waals surface area contributed by atoms with E-state index in [4.69, 9.17) is 25.5 Å². The van der Waals surface area contributed by atoms with Crippen molar-refractivity contribution in [3.05, 3.63) is 48.4 Å². The van der Waals surface area contributed by atoms with Gasteiger partial charge in [0.05, 0.1) is 25.2 Å². The van der Waals surface area contributed by atoms with Crippen molar-refractivity contribution in [1.29, 1.82) is 0 Å². The summed E-state index contributed by atoms with van der Waals surface area (Å²) >= 11 is 0. The molecule has 0 bridgehead atoms. The molecule has 4 aromatic rings. The lowest BCUT2D eigenvalue weighted by Crippen LogP contribution is -2.40. The average Bonchev–Trinajstić information content (AvgIpc) is 3.61. The highest BCUT2D eigenvalue weighted by atomic mass is 16.5. The van der Waals surface area contributed by atoms with Crippen LogP contribution in [0.5, 0.6) is 0 Å². The van der Waals surface area contributed by atoms with Crippen molar-refractivity contribution in [2.45, 2.75) is 45.3 Å². The van der Waals surface area contributed by atoms with Crippen LogP contribution in [0.2, 0.25) is 0 Å². The molecule has 3 N–H and O–H groups in total. The zero-order chi connectivity index (χ0) is 26.1. The van der Waals surface area contributed by atoms with Crippen LogP contribution in [0.4, 0.5) is 17.6 Å². The van der Waals surface area contributed by atoms with E-state index in [1.807, 2.05) is 23.3 Å². The molecule has 0 spiro atoms. The average molecular weight is 517 g/mol. The van der Waals surface area contributed by atoms with E-state index in [9.17, 15) is 0 Å². The summed E-state index contributed by atoms with van der Waals surface area (Å²) in [6.45, 7) is 9.76. The first-order valence-electron chi connectivity index (χ1n) is 13.5. The Hall–Kier alpha value is -3.70. The van der Waals surface area contributed by atoms with Crippen LogP contribution in [0.15, 0.2) is 42.9 Å². The predicted molar refractivity (Wildman–Crippen MR) is 149 cm³/mol. The van der Waals surface area contributed by atoms with Gasteiger partial charge in [0.1, 0.15) is 0 Å².